The lowest BCUT2D eigenvalue weighted by Crippen LogP contribution is -1.84. The maximum absolute atomic E-state index is 5.91. The van der Waals surface area contributed by atoms with Gasteiger partial charge in [0.05, 0.1) is 11.6 Å². The van der Waals surface area contributed by atoms with E-state index in [1.165, 1.54) is 0 Å². The Morgan fingerprint density at radius 2 is 1.79 bits per heavy atom. The number of ether oxygens (including phenoxy) is 1. The lowest BCUT2D eigenvalue weighted by molar-refractivity contribution is 0.415. The number of hydrogen-bond donors (Lipinski definition) is 0. The Morgan fingerprint density at radius 1 is 1.00 bits per heavy atom. The third kappa shape index (κ3) is 2.25. The van der Waals surface area contributed by atoms with Crippen molar-refractivity contribution in [1.82, 2.24) is 0 Å². The molecule has 0 atom stereocenters. The highest BCUT2D eigenvalue weighted by Gasteiger charge is 2.05. The van der Waals surface area contributed by atoms with E-state index >= 15 is 0 Å². The largest absolute Gasteiger partial charge is 0.497 e. The van der Waals surface area contributed by atoms with Crippen molar-refractivity contribution in [2.45, 2.75) is 0 Å². The fourth-order valence-electron chi connectivity index (χ4n) is 2.01. The minimum absolute atomic E-state index is 0.763. The Bertz CT molecular complexity index is 776. The van der Waals surface area contributed by atoms with Gasteiger partial charge >= 0.3 is 0 Å². The molecule has 0 saturated carbocycles. The van der Waals surface area contributed by atoms with E-state index in [0.717, 1.165) is 32.6 Å². The lowest BCUT2D eigenvalue weighted by atomic mass is 10.1. The monoisotopic (exact) mass is 268 g/mol. The second-order valence-electron chi connectivity index (χ2n) is 4.20. The molecule has 0 aliphatic carbocycles. The molecular weight excluding hydrogens is 256 g/mol. The highest BCUT2D eigenvalue weighted by atomic mass is 32.1. The highest BCUT2D eigenvalue weighted by Crippen LogP contribution is 2.28. The van der Waals surface area contributed by atoms with E-state index in [-0.39, 0.29) is 0 Å². The van der Waals surface area contributed by atoms with Gasteiger partial charge in [0.15, 0.2) is 0 Å². The fourth-order valence-corrected chi connectivity index (χ4v) is 2.27. The van der Waals surface area contributed by atoms with Crippen LogP contribution in [0.3, 0.4) is 0 Å². The van der Waals surface area contributed by atoms with E-state index in [9.17, 15) is 0 Å². The molecule has 0 unspecified atom stereocenters. The van der Waals surface area contributed by atoms with E-state index < -0.39 is 0 Å². The first-order valence-electron chi connectivity index (χ1n) is 5.95. The summed E-state index contributed by atoms with van der Waals surface area (Å²) in [4.78, 5) is 0. The number of methoxy groups -OCH3 is 1. The van der Waals surface area contributed by atoms with Crippen molar-refractivity contribution in [1.29, 1.82) is 0 Å². The Hall–Kier alpha value is -2.13. The van der Waals surface area contributed by atoms with E-state index in [4.69, 9.17) is 21.4 Å². The second-order valence-corrected chi connectivity index (χ2v) is 4.64. The molecular formula is C16H12O2S. The Morgan fingerprint density at radius 3 is 2.53 bits per heavy atom. The van der Waals surface area contributed by atoms with E-state index in [0.29, 0.717) is 0 Å². The molecule has 0 saturated heterocycles. The third-order valence-electron chi connectivity index (χ3n) is 2.99. The van der Waals surface area contributed by atoms with Gasteiger partial charge in [0, 0.05) is 17.0 Å². The summed E-state index contributed by atoms with van der Waals surface area (Å²) in [5, 5.41) is 0.897. The summed E-state index contributed by atoms with van der Waals surface area (Å²) in [6, 6.07) is 17.5. The summed E-state index contributed by atoms with van der Waals surface area (Å²) in [6.07, 6.45) is 0. The molecule has 0 fully saturated rings. The van der Waals surface area contributed by atoms with Crippen LogP contribution in [-0.4, -0.2) is 7.11 Å². The summed E-state index contributed by atoms with van der Waals surface area (Å²) in [6.45, 7) is 0. The molecule has 94 valence electrons. The zero-order valence-corrected chi connectivity index (χ0v) is 11.2. The first-order chi connectivity index (χ1) is 9.28. The van der Waals surface area contributed by atoms with Crippen molar-refractivity contribution in [2.24, 2.45) is 0 Å². The van der Waals surface area contributed by atoms with Gasteiger partial charge in [-0.25, -0.2) is 0 Å². The van der Waals surface area contributed by atoms with Gasteiger partial charge < -0.3 is 9.15 Å². The first-order valence-corrected chi connectivity index (χ1v) is 6.36. The molecule has 0 N–H and O–H groups in total. The van der Waals surface area contributed by atoms with Crippen LogP contribution < -0.4 is 4.74 Å². The van der Waals surface area contributed by atoms with Gasteiger partial charge in [-0.3, -0.25) is 0 Å². The molecule has 3 heteroatoms. The maximum Gasteiger partial charge on any atom is 0.136 e. The molecule has 2 aromatic carbocycles. The van der Waals surface area contributed by atoms with Crippen molar-refractivity contribution in [2.75, 3.05) is 7.11 Å². The standard InChI is InChI=1S/C16H12O2S/c1-17-12-7-8-14-13(9-12)16(19)10-15(18-14)11-5-3-2-4-6-11/h2-10H,1H3. The number of hydrogen-bond acceptors (Lipinski definition) is 3. The first kappa shape index (κ1) is 11.9. The van der Waals surface area contributed by atoms with E-state index in [1.54, 1.807) is 7.11 Å². The number of benzene rings is 2. The average molecular weight is 268 g/mol. The van der Waals surface area contributed by atoms with Crippen LogP contribution in [0, 0.1) is 4.51 Å². The van der Waals surface area contributed by atoms with E-state index in [1.807, 2.05) is 54.6 Å². The second kappa shape index (κ2) is 4.86. The van der Waals surface area contributed by atoms with Gasteiger partial charge in [0.2, 0.25) is 0 Å². The van der Waals surface area contributed by atoms with Gasteiger partial charge in [-0.1, -0.05) is 42.5 Å². The molecule has 0 bridgehead atoms. The van der Waals surface area contributed by atoms with Crippen molar-refractivity contribution in [3.63, 3.8) is 0 Å². The third-order valence-corrected chi connectivity index (χ3v) is 3.33. The molecule has 0 radical (unpaired) electrons. The number of fused-ring (bicyclic) bond motifs is 1. The maximum atomic E-state index is 5.91. The molecule has 0 amide bonds. The summed E-state index contributed by atoms with van der Waals surface area (Å²) < 4.78 is 11.9. The van der Waals surface area contributed by atoms with Gasteiger partial charge in [0.25, 0.3) is 0 Å². The van der Waals surface area contributed by atoms with Crippen LogP contribution in [0.1, 0.15) is 0 Å². The smallest absolute Gasteiger partial charge is 0.136 e. The Balaban J connectivity index is 2.23. The molecule has 1 heterocycles. The predicted octanol–water partition coefficient (Wildman–Crippen LogP) is 4.84. The van der Waals surface area contributed by atoms with Crippen molar-refractivity contribution < 1.29 is 9.15 Å². The molecule has 0 aliphatic rings. The molecule has 0 aliphatic heterocycles. The van der Waals surface area contributed by atoms with Crippen LogP contribution in [0.4, 0.5) is 0 Å². The van der Waals surface area contributed by atoms with Crippen LogP contribution >= 0.6 is 12.2 Å². The SMILES string of the molecule is COc1ccc2oc(-c3ccccc3)cc(=S)c2c1. The molecule has 3 rings (SSSR count). The normalized spacial score (nSPS) is 10.6. The van der Waals surface area contributed by atoms with Gasteiger partial charge in [-0.05, 0) is 18.2 Å². The van der Waals surface area contributed by atoms with Crippen LogP contribution in [0.5, 0.6) is 5.75 Å². The lowest BCUT2D eigenvalue weighted by Gasteiger charge is -2.05. The van der Waals surface area contributed by atoms with Crippen molar-refractivity contribution in [3.8, 4) is 17.1 Å². The predicted molar refractivity (Wildman–Crippen MR) is 79.0 cm³/mol. The van der Waals surface area contributed by atoms with Crippen LogP contribution in [0.2, 0.25) is 0 Å². The van der Waals surface area contributed by atoms with Crippen LogP contribution in [0.25, 0.3) is 22.3 Å². The average Bonchev–Trinajstić information content (AvgIpc) is 2.48. The van der Waals surface area contributed by atoms with Crippen LogP contribution in [-0.2, 0) is 0 Å². The molecule has 1 aromatic heterocycles. The molecule has 19 heavy (non-hydrogen) atoms. The fraction of sp³-hybridized carbons (Fsp3) is 0.0625. The van der Waals surface area contributed by atoms with Crippen LogP contribution in [0.15, 0.2) is 59.0 Å². The minimum Gasteiger partial charge on any atom is -0.497 e. The molecule has 3 aromatic rings. The molecule has 0 spiro atoms. The van der Waals surface area contributed by atoms with Gasteiger partial charge in [0.1, 0.15) is 17.1 Å². The van der Waals surface area contributed by atoms with E-state index in [2.05, 4.69) is 0 Å². The Labute approximate surface area is 116 Å². The van der Waals surface area contributed by atoms with Crippen molar-refractivity contribution in [3.05, 3.63) is 59.1 Å². The zero-order valence-electron chi connectivity index (χ0n) is 10.4. The summed E-state index contributed by atoms with van der Waals surface area (Å²) >= 11 is 5.43. The number of rotatable bonds is 2. The summed E-state index contributed by atoms with van der Waals surface area (Å²) in [5.74, 6) is 1.56. The van der Waals surface area contributed by atoms with Crippen molar-refractivity contribution >= 4 is 23.2 Å². The summed E-state index contributed by atoms with van der Waals surface area (Å²) in [5.41, 5.74) is 1.79. The highest BCUT2D eigenvalue weighted by molar-refractivity contribution is 7.71. The minimum atomic E-state index is 0.763. The summed E-state index contributed by atoms with van der Waals surface area (Å²) in [7, 11) is 1.64. The van der Waals surface area contributed by atoms with Gasteiger partial charge in [-0.15, -0.1) is 0 Å². The molecule has 2 nitrogen and oxygen atoms in total. The topological polar surface area (TPSA) is 22.4 Å². The zero-order chi connectivity index (χ0) is 13.2. The van der Waals surface area contributed by atoms with Gasteiger partial charge in [-0.2, -0.15) is 0 Å². The quantitative estimate of drug-likeness (QED) is 0.621. The Kier molecular flexibility index (Phi) is 3.05.